The van der Waals surface area contributed by atoms with Gasteiger partial charge in [0, 0.05) is 16.2 Å². The van der Waals surface area contributed by atoms with Crippen LogP contribution in [0, 0.1) is 0 Å². The number of hydrogen-bond acceptors (Lipinski definition) is 10. The molecule has 2 aliphatic rings. The molecule has 0 saturated carbocycles. The van der Waals surface area contributed by atoms with Crippen molar-refractivity contribution in [3.8, 4) is 0 Å². The van der Waals surface area contributed by atoms with Crippen molar-refractivity contribution >= 4 is 53.0 Å². The van der Waals surface area contributed by atoms with Gasteiger partial charge in [-0.2, -0.15) is 0 Å². The summed E-state index contributed by atoms with van der Waals surface area (Å²) in [5, 5.41) is 6.19. The zero-order valence-electron chi connectivity index (χ0n) is 27.1. The molecule has 5 rings (SSSR count). The summed E-state index contributed by atoms with van der Waals surface area (Å²) in [5.74, 6) is -1.21. The van der Waals surface area contributed by atoms with Crippen molar-refractivity contribution in [3.05, 3.63) is 118 Å². The number of nitrogens with one attached hydrogen (secondary N) is 1. The third-order valence-corrected chi connectivity index (χ3v) is 9.62. The molecular weight excluding hydrogens is 651 g/mol. The SMILES string of the molecule is CCSC1=C(C(=O)OC(c2ccccc2)c2ccccc2)N2C(=O)C(NC(=O)/C(=N/OCC(=O)OC(C)(C)C)c3ccccc3)C2SC1. The molecule has 0 aliphatic carbocycles. The van der Waals surface area contributed by atoms with E-state index in [2.05, 4.69) is 10.5 Å². The van der Waals surface area contributed by atoms with Gasteiger partial charge in [-0.25, -0.2) is 9.59 Å². The van der Waals surface area contributed by atoms with Crippen molar-refractivity contribution < 1.29 is 33.5 Å². The number of amides is 2. The number of carbonyl (C=O) groups excluding carboxylic acids is 4. The van der Waals surface area contributed by atoms with E-state index < -0.39 is 53.5 Å². The third-order valence-electron chi connectivity index (χ3n) is 7.18. The van der Waals surface area contributed by atoms with E-state index in [0.717, 1.165) is 16.0 Å². The molecule has 0 bridgehead atoms. The Morgan fingerprint density at radius 3 is 2.10 bits per heavy atom. The molecule has 0 aromatic heterocycles. The molecule has 2 amide bonds. The predicted octanol–water partition coefficient (Wildman–Crippen LogP) is 5.45. The first-order chi connectivity index (χ1) is 23.1. The average molecular weight is 688 g/mol. The zero-order chi connectivity index (χ0) is 34.3. The van der Waals surface area contributed by atoms with Gasteiger partial charge < -0.3 is 19.6 Å². The fraction of sp³-hybridized carbons (Fsp3) is 0.306. The Kier molecular flexibility index (Phi) is 11.3. The van der Waals surface area contributed by atoms with Crippen LogP contribution in [0.2, 0.25) is 0 Å². The molecule has 2 aliphatic heterocycles. The van der Waals surface area contributed by atoms with Crippen molar-refractivity contribution in [2.45, 2.75) is 50.8 Å². The van der Waals surface area contributed by atoms with E-state index in [9.17, 15) is 19.2 Å². The number of fused-ring (bicyclic) bond motifs is 1. The Morgan fingerprint density at radius 2 is 1.54 bits per heavy atom. The zero-order valence-corrected chi connectivity index (χ0v) is 28.7. The largest absolute Gasteiger partial charge is 0.457 e. The first-order valence-electron chi connectivity index (χ1n) is 15.5. The van der Waals surface area contributed by atoms with E-state index in [1.54, 1.807) is 51.1 Å². The second kappa shape index (κ2) is 15.6. The number of benzene rings is 3. The first-order valence-corrected chi connectivity index (χ1v) is 17.5. The first kappa shape index (κ1) is 34.8. The molecule has 10 nitrogen and oxygen atoms in total. The summed E-state index contributed by atoms with van der Waals surface area (Å²) in [6, 6.07) is 26.5. The summed E-state index contributed by atoms with van der Waals surface area (Å²) in [7, 11) is 0. The maximum Gasteiger partial charge on any atom is 0.356 e. The van der Waals surface area contributed by atoms with Crippen LogP contribution in [0.1, 0.15) is 50.5 Å². The molecule has 250 valence electrons. The summed E-state index contributed by atoms with van der Waals surface area (Å²) in [4.78, 5) is 60.9. The molecule has 2 heterocycles. The van der Waals surface area contributed by atoms with Gasteiger partial charge in [-0.3, -0.25) is 14.5 Å². The maximum absolute atomic E-state index is 14.0. The summed E-state index contributed by atoms with van der Waals surface area (Å²) < 4.78 is 11.4. The quantitative estimate of drug-likeness (QED) is 0.115. The Labute approximate surface area is 288 Å². The highest BCUT2D eigenvalue weighted by molar-refractivity contribution is 8.06. The number of oxime groups is 1. The van der Waals surface area contributed by atoms with Crippen LogP contribution < -0.4 is 5.32 Å². The second-order valence-corrected chi connectivity index (χ2v) is 14.3. The number of carbonyl (C=O) groups is 4. The van der Waals surface area contributed by atoms with Crippen molar-refractivity contribution in [1.29, 1.82) is 0 Å². The van der Waals surface area contributed by atoms with E-state index in [-0.39, 0.29) is 11.4 Å². The van der Waals surface area contributed by atoms with Crippen LogP contribution in [-0.4, -0.2) is 69.5 Å². The normalized spacial score (nSPS) is 17.7. The standard InChI is InChI=1S/C36H37N3O7S2/c1-5-47-26-22-48-34-29(37-32(41)28(23-15-9-6-10-16-23)38-44-21-27(40)46-36(2,3)4)33(42)39(34)30(26)35(43)45-31(24-17-11-7-12-18-24)25-19-13-8-14-20-25/h6-20,29,31,34H,5,21-22H2,1-4H3,(H,37,41)/b38-28+. The van der Waals surface area contributed by atoms with Crippen LogP contribution in [0.3, 0.4) is 0 Å². The Morgan fingerprint density at radius 1 is 0.958 bits per heavy atom. The fourth-order valence-corrected chi connectivity index (χ4v) is 7.56. The number of hydrogen-bond donors (Lipinski definition) is 1. The van der Waals surface area contributed by atoms with Crippen molar-refractivity contribution in [2.75, 3.05) is 18.1 Å². The molecule has 0 radical (unpaired) electrons. The highest BCUT2D eigenvalue weighted by Gasteiger charge is 2.55. The molecule has 1 saturated heterocycles. The predicted molar refractivity (Wildman–Crippen MR) is 186 cm³/mol. The summed E-state index contributed by atoms with van der Waals surface area (Å²) >= 11 is 2.94. The lowest BCUT2D eigenvalue weighted by molar-refractivity contribution is -0.160. The van der Waals surface area contributed by atoms with Crippen LogP contribution in [0.4, 0.5) is 0 Å². The number of ether oxygens (including phenoxy) is 2. The summed E-state index contributed by atoms with van der Waals surface area (Å²) in [6.45, 7) is 6.66. The van der Waals surface area contributed by atoms with Gasteiger partial charge in [0.15, 0.2) is 11.8 Å². The minimum Gasteiger partial charge on any atom is -0.457 e. The third kappa shape index (κ3) is 8.29. The molecule has 48 heavy (non-hydrogen) atoms. The van der Waals surface area contributed by atoms with E-state index >= 15 is 0 Å². The lowest BCUT2D eigenvalue weighted by Crippen LogP contribution is -2.71. The molecule has 1 fully saturated rings. The summed E-state index contributed by atoms with van der Waals surface area (Å²) in [6.07, 6.45) is -0.689. The molecule has 3 aromatic rings. The highest BCUT2D eigenvalue weighted by atomic mass is 32.2. The van der Waals surface area contributed by atoms with Crippen LogP contribution in [-0.2, 0) is 33.5 Å². The van der Waals surface area contributed by atoms with Crippen molar-refractivity contribution in [3.63, 3.8) is 0 Å². The monoisotopic (exact) mass is 687 g/mol. The molecular formula is C36H37N3O7S2. The molecule has 2 unspecified atom stereocenters. The topological polar surface area (TPSA) is 124 Å². The van der Waals surface area contributed by atoms with Gasteiger partial charge >= 0.3 is 11.9 Å². The van der Waals surface area contributed by atoms with Gasteiger partial charge in [0.2, 0.25) is 6.61 Å². The molecule has 1 N–H and O–H groups in total. The van der Waals surface area contributed by atoms with Gasteiger partial charge in [-0.05, 0) is 37.7 Å². The molecule has 2 atom stereocenters. The number of nitrogens with zero attached hydrogens (tertiary/aromatic N) is 2. The number of β-lactam (4-membered cyclic amide) rings is 1. The Hall–Kier alpha value is -4.55. The van der Waals surface area contributed by atoms with Gasteiger partial charge in [0.05, 0.1) is 0 Å². The van der Waals surface area contributed by atoms with Gasteiger partial charge in [-0.1, -0.05) is 103 Å². The second-order valence-electron chi connectivity index (χ2n) is 11.8. The van der Waals surface area contributed by atoms with E-state index in [4.69, 9.17) is 14.3 Å². The fourth-order valence-electron chi connectivity index (χ4n) is 5.16. The molecule has 3 aromatic carbocycles. The highest BCUT2D eigenvalue weighted by Crippen LogP contribution is 2.44. The average Bonchev–Trinajstić information content (AvgIpc) is 3.08. The number of thioether (sulfide) groups is 2. The molecule has 0 spiro atoms. The van der Waals surface area contributed by atoms with Crippen LogP contribution in [0.5, 0.6) is 0 Å². The van der Waals surface area contributed by atoms with Crippen molar-refractivity contribution in [1.82, 2.24) is 10.2 Å². The van der Waals surface area contributed by atoms with Gasteiger partial charge in [0.25, 0.3) is 11.8 Å². The van der Waals surface area contributed by atoms with E-state index in [1.165, 1.54) is 28.4 Å². The number of rotatable bonds is 12. The van der Waals surface area contributed by atoms with Crippen LogP contribution in [0.25, 0.3) is 0 Å². The van der Waals surface area contributed by atoms with E-state index in [0.29, 0.717) is 17.1 Å². The van der Waals surface area contributed by atoms with Crippen molar-refractivity contribution in [2.24, 2.45) is 5.16 Å². The van der Waals surface area contributed by atoms with E-state index in [1.807, 2.05) is 67.6 Å². The van der Waals surface area contributed by atoms with Gasteiger partial charge in [0.1, 0.15) is 22.7 Å². The lowest BCUT2D eigenvalue weighted by atomic mass is 10.0. The number of esters is 2. The van der Waals surface area contributed by atoms with Crippen LogP contribution >= 0.6 is 23.5 Å². The smallest absolute Gasteiger partial charge is 0.356 e. The Balaban J connectivity index is 1.35. The summed E-state index contributed by atoms with van der Waals surface area (Å²) in [5.41, 5.74) is 1.39. The maximum atomic E-state index is 14.0. The van der Waals surface area contributed by atoms with Crippen LogP contribution in [0.15, 0.2) is 107 Å². The minimum absolute atomic E-state index is 0.114. The Bertz CT molecular complexity index is 1650. The minimum atomic E-state index is -0.933. The molecule has 12 heteroatoms. The van der Waals surface area contributed by atoms with Gasteiger partial charge in [-0.15, -0.1) is 23.5 Å². The lowest BCUT2D eigenvalue weighted by Gasteiger charge is -2.49.